The number of amides is 2. The number of nitrogens with zero attached hydrogens (tertiary/aromatic N) is 3. The number of carbonyl (C=O) groups is 1. The molecule has 6 heteroatoms. The summed E-state index contributed by atoms with van der Waals surface area (Å²) >= 11 is 1.69. The van der Waals surface area contributed by atoms with Gasteiger partial charge in [-0.2, -0.15) is 0 Å². The van der Waals surface area contributed by atoms with Crippen LogP contribution in [0.5, 0.6) is 0 Å². The summed E-state index contributed by atoms with van der Waals surface area (Å²) < 4.78 is 0. The minimum atomic E-state index is -0.0968. The average molecular weight is 346 g/mol. The SMILES string of the molecule is O=C1NC2CSc3nccc(c32)N1c1cccc(-c2cccnc2)c1. The van der Waals surface area contributed by atoms with Crippen LogP contribution in [0.25, 0.3) is 11.1 Å². The van der Waals surface area contributed by atoms with Gasteiger partial charge in [0.15, 0.2) is 0 Å². The van der Waals surface area contributed by atoms with Crippen LogP contribution in [0.3, 0.4) is 0 Å². The molecule has 2 aliphatic heterocycles. The fourth-order valence-corrected chi connectivity index (χ4v) is 4.49. The molecule has 1 atom stereocenters. The van der Waals surface area contributed by atoms with Gasteiger partial charge in [0.05, 0.1) is 17.4 Å². The smallest absolute Gasteiger partial charge is 0.327 e. The summed E-state index contributed by atoms with van der Waals surface area (Å²) in [7, 11) is 0. The molecule has 5 rings (SSSR count). The van der Waals surface area contributed by atoms with Crippen LogP contribution in [0, 0.1) is 0 Å². The van der Waals surface area contributed by atoms with Crippen molar-refractivity contribution in [2.24, 2.45) is 0 Å². The van der Waals surface area contributed by atoms with Gasteiger partial charge >= 0.3 is 6.03 Å². The molecule has 5 nitrogen and oxygen atoms in total. The van der Waals surface area contributed by atoms with E-state index in [4.69, 9.17) is 0 Å². The van der Waals surface area contributed by atoms with E-state index in [2.05, 4.69) is 15.3 Å². The van der Waals surface area contributed by atoms with Gasteiger partial charge in [-0.1, -0.05) is 18.2 Å². The number of hydrogen-bond donors (Lipinski definition) is 1. The van der Waals surface area contributed by atoms with E-state index in [1.165, 1.54) is 0 Å². The standard InChI is InChI=1S/C19H14N4OS/c24-19-22-15-11-25-18-17(15)16(6-8-21-18)23(19)14-5-1-3-12(9-14)13-4-2-7-20-10-13/h1-10,15H,11H2,(H,22,24). The summed E-state index contributed by atoms with van der Waals surface area (Å²) in [6.07, 6.45) is 5.36. The van der Waals surface area contributed by atoms with E-state index in [0.717, 1.165) is 38.8 Å². The van der Waals surface area contributed by atoms with Crippen LogP contribution >= 0.6 is 11.8 Å². The Morgan fingerprint density at radius 3 is 2.92 bits per heavy atom. The number of carbonyl (C=O) groups excluding carboxylic acids is 1. The molecule has 0 radical (unpaired) electrons. The first-order valence-corrected chi connectivity index (χ1v) is 9.02. The van der Waals surface area contributed by atoms with Gasteiger partial charge in [0.1, 0.15) is 5.03 Å². The Bertz CT molecular complexity index is 976. The van der Waals surface area contributed by atoms with E-state index in [1.807, 2.05) is 48.7 Å². The van der Waals surface area contributed by atoms with E-state index < -0.39 is 0 Å². The van der Waals surface area contributed by atoms with Crippen molar-refractivity contribution in [3.05, 3.63) is 66.6 Å². The second kappa shape index (κ2) is 5.60. The third kappa shape index (κ3) is 2.29. The van der Waals surface area contributed by atoms with Crippen molar-refractivity contribution in [3.63, 3.8) is 0 Å². The summed E-state index contributed by atoms with van der Waals surface area (Å²) in [5.41, 5.74) is 4.93. The highest BCUT2D eigenvalue weighted by Gasteiger charge is 2.37. The lowest BCUT2D eigenvalue weighted by Crippen LogP contribution is -2.44. The van der Waals surface area contributed by atoms with E-state index in [1.54, 1.807) is 29.1 Å². The first-order valence-electron chi connectivity index (χ1n) is 8.04. The van der Waals surface area contributed by atoms with Gasteiger partial charge in [0, 0.05) is 35.5 Å². The van der Waals surface area contributed by atoms with Crippen molar-refractivity contribution in [1.29, 1.82) is 0 Å². The lowest BCUT2D eigenvalue weighted by atomic mass is 10.0. The van der Waals surface area contributed by atoms with Gasteiger partial charge < -0.3 is 5.32 Å². The van der Waals surface area contributed by atoms with Gasteiger partial charge in [0.25, 0.3) is 0 Å². The summed E-state index contributed by atoms with van der Waals surface area (Å²) in [4.78, 5) is 23.1. The number of pyridine rings is 2. The van der Waals surface area contributed by atoms with E-state index in [0.29, 0.717) is 0 Å². The zero-order chi connectivity index (χ0) is 16.8. The number of aromatic nitrogens is 2. The maximum atomic E-state index is 12.8. The number of thioether (sulfide) groups is 1. The van der Waals surface area contributed by atoms with Crippen molar-refractivity contribution < 1.29 is 4.79 Å². The third-order valence-corrected chi connectivity index (χ3v) is 5.61. The van der Waals surface area contributed by atoms with Crippen LogP contribution < -0.4 is 10.2 Å². The molecule has 25 heavy (non-hydrogen) atoms. The van der Waals surface area contributed by atoms with Crippen molar-refractivity contribution in [2.75, 3.05) is 10.7 Å². The summed E-state index contributed by atoms with van der Waals surface area (Å²) in [5, 5.41) is 4.11. The Morgan fingerprint density at radius 1 is 1.12 bits per heavy atom. The number of urea groups is 1. The normalized spacial score (nSPS) is 18.0. The number of benzene rings is 1. The molecule has 0 aliphatic carbocycles. The molecule has 1 N–H and O–H groups in total. The Labute approximate surface area is 149 Å². The van der Waals surface area contributed by atoms with Crippen molar-refractivity contribution >= 4 is 29.2 Å². The highest BCUT2D eigenvalue weighted by molar-refractivity contribution is 7.99. The molecular weight excluding hydrogens is 332 g/mol. The Hall–Kier alpha value is -2.86. The molecule has 0 spiro atoms. The first kappa shape index (κ1) is 14.5. The highest BCUT2D eigenvalue weighted by Crippen LogP contribution is 2.46. The molecule has 0 bridgehead atoms. The van der Waals surface area contributed by atoms with Crippen LogP contribution in [-0.4, -0.2) is 21.8 Å². The molecule has 3 aromatic rings. The Morgan fingerprint density at radius 2 is 2.04 bits per heavy atom. The zero-order valence-electron chi connectivity index (χ0n) is 13.2. The Kier molecular flexibility index (Phi) is 3.24. The van der Waals surface area contributed by atoms with Crippen LogP contribution in [0.1, 0.15) is 11.6 Å². The average Bonchev–Trinajstić information content (AvgIpc) is 3.07. The molecule has 122 valence electrons. The molecular formula is C19H14N4OS. The van der Waals surface area contributed by atoms with E-state index in [-0.39, 0.29) is 12.1 Å². The van der Waals surface area contributed by atoms with E-state index in [9.17, 15) is 4.79 Å². The van der Waals surface area contributed by atoms with Gasteiger partial charge in [0.2, 0.25) is 0 Å². The fourth-order valence-electron chi connectivity index (χ4n) is 3.38. The maximum Gasteiger partial charge on any atom is 0.327 e. The van der Waals surface area contributed by atoms with Crippen LogP contribution in [0.4, 0.5) is 16.2 Å². The molecule has 0 fully saturated rings. The minimum absolute atomic E-state index is 0.0500. The van der Waals surface area contributed by atoms with Crippen LogP contribution in [0.2, 0.25) is 0 Å². The van der Waals surface area contributed by atoms with Gasteiger partial charge in [-0.25, -0.2) is 9.78 Å². The Balaban J connectivity index is 1.64. The first-order chi connectivity index (χ1) is 12.3. The largest absolute Gasteiger partial charge is 0.330 e. The molecule has 2 aliphatic rings. The predicted octanol–water partition coefficient (Wildman–Crippen LogP) is 4.15. The number of rotatable bonds is 2. The van der Waals surface area contributed by atoms with Crippen LogP contribution in [0.15, 0.2) is 66.1 Å². The second-order valence-corrected chi connectivity index (χ2v) is 7.00. The third-order valence-electron chi connectivity index (χ3n) is 4.51. The monoisotopic (exact) mass is 346 g/mol. The van der Waals surface area contributed by atoms with Crippen molar-refractivity contribution in [3.8, 4) is 11.1 Å². The predicted molar refractivity (Wildman–Crippen MR) is 98.0 cm³/mol. The molecule has 0 saturated carbocycles. The topological polar surface area (TPSA) is 58.1 Å². The van der Waals surface area contributed by atoms with Gasteiger partial charge in [-0.05, 0) is 29.8 Å². The molecule has 4 heterocycles. The lowest BCUT2D eigenvalue weighted by molar-refractivity contribution is 0.244. The molecule has 2 aromatic heterocycles. The minimum Gasteiger partial charge on any atom is -0.330 e. The number of nitrogens with one attached hydrogen (secondary N) is 1. The number of anilines is 2. The number of hydrogen-bond acceptors (Lipinski definition) is 4. The zero-order valence-corrected chi connectivity index (χ0v) is 14.0. The van der Waals surface area contributed by atoms with Crippen LogP contribution in [-0.2, 0) is 0 Å². The molecule has 1 unspecified atom stereocenters. The summed E-state index contributed by atoms with van der Waals surface area (Å²) in [6, 6.07) is 13.8. The highest BCUT2D eigenvalue weighted by atomic mass is 32.2. The summed E-state index contributed by atoms with van der Waals surface area (Å²) in [6.45, 7) is 0. The molecule has 0 saturated heterocycles. The molecule has 2 amide bonds. The summed E-state index contributed by atoms with van der Waals surface area (Å²) in [5.74, 6) is 0.842. The van der Waals surface area contributed by atoms with Gasteiger partial charge in [-0.3, -0.25) is 9.88 Å². The maximum absolute atomic E-state index is 12.8. The van der Waals surface area contributed by atoms with Crippen molar-refractivity contribution in [2.45, 2.75) is 11.1 Å². The second-order valence-electron chi connectivity index (χ2n) is 5.99. The van der Waals surface area contributed by atoms with E-state index >= 15 is 0 Å². The molecule has 1 aromatic carbocycles. The van der Waals surface area contributed by atoms with Gasteiger partial charge in [-0.15, -0.1) is 11.8 Å². The van der Waals surface area contributed by atoms with Crippen molar-refractivity contribution in [1.82, 2.24) is 15.3 Å². The quantitative estimate of drug-likeness (QED) is 0.757. The fraction of sp³-hybridized carbons (Fsp3) is 0.105. The lowest BCUT2D eigenvalue weighted by Gasteiger charge is -2.32.